The number of carbonyl (C=O) groups is 1. The van der Waals surface area contributed by atoms with Gasteiger partial charge in [0.25, 0.3) is 0 Å². The first-order valence-electron chi connectivity index (χ1n) is 9.50. The van der Waals surface area contributed by atoms with Gasteiger partial charge in [0.15, 0.2) is 0 Å². The van der Waals surface area contributed by atoms with Crippen molar-refractivity contribution in [3.63, 3.8) is 0 Å². The molecule has 146 valence electrons. The molecule has 3 rings (SSSR count). The van der Waals surface area contributed by atoms with E-state index in [9.17, 15) is 4.79 Å². The summed E-state index contributed by atoms with van der Waals surface area (Å²) in [6.45, 7) is 0. The van der Waals surface area contributed by atoms with Crippen LogP contribution in [0, 0.1) is 0 Å². The average molecular weight is 413 g/mol. The van der Waals surface area contributed by atoms with E-state index in [2.05, 4.69) is 91.0 Å². The van der Waals surface area contributed by atoms with Crippen LogP contribution < -0.4 is 28.3 Å². The van der Waals surface area contributed by atoms with Gasteiger partial charge in [-0.15, -0.1) is 0 Å². The molecule has 0 aliphatic carbocycles. The molecule has 0 saturated heterocycles. The lowest BCUT2D eigenvalue weighted by Crippen LogP contribution is -3.00. The fourth-order valence-corrected chi connectivity index (χ4v) is 8.09. The van der Waals surface area contributed by atoms with Gasteiger partial charge >= 0.3 is 5.97 Å². The fourth-order valence-electron chi connectivity index (χ4n) is 3.68. The molecule has 0 unspecified atom stereocenters. The van der Waals surface area contributed by atoms with Gasteiger partial charge in [0.2, 0.25) is 0 Å². The van der Waals surface area contributed by atoms with Crippen LogP contribution in [0.2, 0.25) is 0 Å². The first-order chi connectivity index (χ1) is 13.2. The van der Waals surface area contributed by atoms with Crippen molar-refractivity contribution in [1.29, 1.82) is 0 Å². The van der Waals surface area contributed by atoms with Gasteiger partial charge in [-0.2, -0.15) is 0 Å². The van der Waals surface area contributed by atoms with Gasteiger partial charge in [0.1, 0.15) is 23.2 Å². The Labute approximate surface area is 174 Å². The monoisotopic (exact) mass is 412 g/mol. The summed E-state index contributed by atoms with van der Waals surface area (Å²) in [4.78, 5) is 10.8. The van der Waals surface area contributed by atoms with Crippen molar-refractivity contribution in [1.82, 2.24) is 0 Å². The van der Waals surface area contributed by atoms with Gasteiger partial charge in [-0.05, 0) is 55.7 Å². The highest BCUT2D eigenvalue weighted by Crippen LogP contribution is 2.55. The van der Waals surface area contributed by atoms with Crippen LogP contribution in [0.25, 0.3) is 0 Å². The third kappa shape index (κ3) is 5.22. The van der Waals surface area contributed by atoms with E-state index in [0.29, 0.717) is 0 Å². The molecule has 0 fully saturated rings. The Morgan fingerprint density at radius 2 is 1.04 bits per heavy atom. The summed E-state index contributed by atoms with van der Waals surface area (Å²) >= 11 is 0. The van der Waals surface area contributed by atoms with E-state index in [1.807, 2.05) is 0 Å². The van der Waals surface area contributed by atoms with Crippen LogP contribution >= 0.6 is 7.26 Å². The summed E-state index contributed by atoms with van der Waals surface area (Å²) in [7, 11) is -1.76. The second kappa shape index (κ2) is 11.0. The normalized spacial score (nSPS) is 10.9. The number of halogens is 1. The van der Waals surface area contributed by atoms with Crippen molar-refractivity contribution in [2.24, 2.45) is 0 Å². The van der Waals surface area contributed by atoms with Crippen molar-refractivity contribution >= 4 is 29.1 Å². The Morgan fingerprint density at radius 3 is 1.39 bits per heavy atom. The van der Waals surface area contributed by atoms with E-state index in [4.69, 9.17) is 5.11 Å². The molecular formula is C24H26ClO2P. The number of carboxylic acids is 1. The van der Waals surface area contributed by atoms with Crippen molar-refractivity contribution in [2.45, 2.75) is 25.7 Å². The minimum Gasteiger partial charge on any atom is -1.00 e. The topological polar surface area (TPSA) is 37.3 Å². The second-order valence-corrected chi connectivity index (χ2v) is 10.4. The first kappa shape index (κ1) is 22.1. The molecule has 0 spiro atoms. The van der Waals surface area contributed by atoms with Gasteiger partial charge in [-0.1, -0.05) is 54.6 Å². The van der Waals surface area contributed by atoms with Crippen LogP contribution in [-0.2, 0) is 4.79 Å². The molecule has 0 bridgehead atoms. The second-order valence-electron chi connectivity index (χ2n) is 6.74. The lowest BCUT2D eigenvalue weighted by atomic mass is 10.2. The highest BCUT2D eigenvalue weighted by Gasteiger charge is 2.44. The van der Waals surface area contributed by atoms with E-state index in [1.165, 1.54) is 15.9 Å². The van der Waals surface area contributed by atoms with Gasteiger partial charge in [0, 0.05) is 6.42 Å². The van der Waals surface area contributed by atoms with Crippen LogP contribution in [0.1, 0.15) is 25.7 Å². The summed E-state index contributed by atoms with van der Waals surface area (Å²) in [6.07, 6.45) is 4.03. The third-order valence-electron chi connectivity index (χ3n) is 4.98. The molecule has 0 atom stereocenters. The molecule has 0 aromatic heterocycles. The fraction of sp³-hybridized carbons (Fsp3) is 0.208. The zero-order chi connectivity index (χ0) is 19.0. The van der Waals surface area contributed by atoms with Gasteiger partial charge in [-0.25, -0.2) is 0 Å². The number of unbranched alkanes of at least 4 members (excludes halogenated alkanes) is 2. The third-order valence-corrected chi connectivity index (χ3v) is 9.50. The van der Waals surface area contributed by atoms with Crippen molar-refractivity contribution < 1.29 is 22.3 Å². The van der Waals surface area contributed by atoms with E-state index < -0.39 is 13.2 Å². The van der Waals surface area contributed by atoms with Gasteiger partial charge < -0.3 is 17.5 Å². The molecule has 4 heteroatoms. The van der Waals surface area contributed by atoms with Crippen molar-refractivity contribution in [3.8, 4) is 0 Å². The van der Waals surface area contributed by atoms with Crippen LogP contribution in [0.5, 0.6) is 0 Å². The number of rotatable bonds is 9. The van der Waals surface area contributed by atoms with E-state index in [-0.39, 0.29) is 18.8 Å². The number of benzene rings is 3. The standard InChI is InChI=1S/C24H25O2P.ClH/c25-24(26)19-11-4-12-20-27(21-13-5-1-6-14-21,22-15-7-2-8-16-22)23-17-9-3-10-18-23;/h1-3,5-10,13-18H,4,11-12,19-20H2;1H. The molecule has 3 aromatic rings. The lowest BCUT2D eigenvalue weighted by Gasteiger charge is -2.27. The average Bonchev–Trinajstić information content (AvgIpc) is 2.73. The maximum absolute atomic E-state index is 10.8. The maximum atomic E-state index is 10.8. The van der Waals surface area contributed by atoms with E-state index in [1.54, 1.807) is 0 Å². The molecule has 2 nitrogen and oxygen atoms in total. The Morgan fingerprint density at radius 1 is 0.643 bits per heavy atom. The lowest BCUT2D eigenvalue weighted by molar-refractivity contribution is -0.137. The number of hydrogen-bond donors (Lipinski definition) is 1. The van der Waals surface area contributed by atoms with Crippen LogP contribution in [0.4, 0.5) is 0 Å². The molecular weight excluding hydrogens is 387 g/mol. The molecule has 0 heterocycles. The van der Waals surface area contributed by atoms with Crippen LogP contribution in [0.3, 0.4) is 0 Å². The zero-order valence-electron chi connectivity index (χ0n) is 15.9. The molecule has 0 amide bonds. The number of aliphatic carboxylic acids is 1. The minimum atomic E-state index is -1.76. The summed E-state index contributed by atoms with van der Waals surface area (Å²) in [6, 6.07) is 32.5. The highest BCUT2D eigenvalue weighted by molar-refractivity contribution is 7.95. The van der Waals surface area contributed by atoms with Crippen molar-refractivity contribution in [2.75, 3.05) is 6.16 Å². The summed E-state index contributed by atoms with van der Waals surface area (Å²) < 4.78 is 0. The van der Waals surface area contributed by atoms with Gasteiger partial charge in [-0.3, -0.25) is 4.79 Å². The minimum absolute atomic E-state index is 0. The summed E-state index contributed by atoms with van der Waals surface area (Å²) in [5.74, 6) is -0.703. The van der Waals surface area contributed by atoms with Crippen LogP contribution in [-0.4, -0.2) is 17.2 Å². The number of carboxylic acid groups (broad SMARTS) is 1. The summed E-state index contributed by atoms with van der Waals surface area (Å²) in [5.41, 5.74) is 0. The molecule has 3 aromatic carbocycles. The van der Waals surface area contributed by atoms with E-state index >= 15 is 0 Å². The smallest absolute Gasteiger partial charge is 0.303 e. The SMILES string of the molecule is O=C(O)CCCCC[P+](c1ccccc1)(c1ccccc1)c1ccccc1.[Cl-]. The van der Waals surface area contributed by atoms with E-state index in [0.717, 1.165) is 25.4 Å². The molecule has 0 aliphatic rings. The molecule has 0 aliphatic heterocycles. The maximum Gasteiger partial charge on any atom is 0.303 e. The first-order valence-corrected chi connectivity index (χ1v) is 11.5. The summed E-state index contributed by atoms with van der Waals surface area (Å²) in [5, 5.41) is 13.1. The van der Waals surface area contributed by atoms with Gasteiger partial charge in [0.05, 0.1) is 6.16 Å². The Hall–Kier alpha value is -2.15. The molecule has 1 N–H and O–H groups in total. The quantitative estimate of drug-likeness (QED) is 0.428. The predicted octanol–water partition coefficient (Wildman–Crippen LogP) is 1.63. The largest absolute Gasteiger partial charge is 1.00 e. The predicted molar refractivity (Wildman–Crippen MR) is 116 cm³/mol. The zero-order valence-corrected chi connectivity index (χ0v) is 17.5. The molecule has 0 saturated carbocycles. The number of hydrogen-bond acceptors (Lipinski definition) is 1. The van der Waals surface area contributed by atoms with Crippen LogP contribution in [0.15, 0.2) is 91.0 Å². The highest BCUT2D eigenvalue weighted by atomic mass is 35.5. The Balaban J connectivity index is 0.00000280. The Bertz CT molecular complexity index is 742. The molecule has 28 heavy (non-hydrogen) atoms. The molecule has 0 radical (unpaired) electrons. The van der Waals surface area contributed by atoms with Crippen molar-refractivity contribution in [3.05, 3.63) is 91.0 Å². The Kier molecular flexibility index (Phi) is 8.70.